The first-order chi connectivity index (χ1) is 11.1. The van der Waals surface area contributed by atoms with Gasteiger partial charge in [0, 0.05) is 0 Å². The molecule has 0 aliphatic carbocycles. The van der Waals surface area contributed by atoms with E-state index in [1.807, 2.05) is 31.2 Å². The summed E-state index contributed by atoms with van der Waals surface area (Å²) in [5.41, 5.74) is 1.74. The van der Waals surface area contributed by atoms with E-state index < -0.39 is 11.6 Å². The molecule has 0 saturated carbocycles. The van der Waals surface area contributed by atoms with Gasteiger partial charge in [-0.2, -0.15) is 0 Å². The van der Waals surface area contributed by atoms with Crippen LogP contribution in [0.15, 0.2) is 48.7 Å². The number of amides is 1. The third-order valence-electron chi connectivity index (χ3n) is 3.39. The molecule has 3 aromatic rings. The summed E-state index contributed by atoms with van der Waals surface area (Å²) >= 11 is -0.318. The predicted octanol–water partition coefficient (Wildman–Crippen LogP) is 3.69. The average Bonchev–Trinajstić information content (AvgIpc) is 3.01. The van der Waals surface area contributed by atoms with Gasteiger partial charge in [0.2, 0.25) is 0 Å². The molecule has 3 nitrogen and oxygen atoms in total. The zero-order valence-electron chi connectivity index (χ0n) is 12.2. The fourth-order valence-electron chi connectivity index (χ4n) is 2.26. The molecule has 0 saturated heterocycles. The van der Waals surface area contributed by atoms with Gasteiger partial charge in [0.25, 0.3) is 0 Å². The van der Waals surface area contributed by atoms with Crippen molar-refractivity contribution in [2.75, 3.05) is 4.90 Å². The first-order valence-electron chi connectivity index (χ1n) is 6.82. The average molecular weight is 377 g/mol. The van der Waals surface area contributed by atoms with Gasteiger partial charge in [-0.05, 0) is 0 Å². The van der Waals surface area contributed by atoms with Crippen LogP contribution in [-0.4, -0.2) is 25.9 Å². The van der Waals surface area contributed by atoms with Crippen LogP contribution in [0.3, 0.4) is 0 Å². The first-order valence-corrected chi connectivity index (χ1v) is 8.53. The number of carbonyl (C=O) groups is 1. The quantitative estimate of drug-likeness (QED) is 0.513. The van der Waals surface area contributed by atoms with E-state index in [4.69, 9.17) is 0 Å². The van der Waals surface area contributed by atoms with Crippen LogP contribution in [0.25, 0.3) is 10.0 Å². The molecule has 0 aliphatic rings. The van der Waals surface area contributed by atoms with Crippen LogP contribution in [0.4, 0.5) is 19.2 Å². The molecule has 0 N–H and O–H groups in total. The van der Waals surface area contributed by atoms with Crippen molar-refractivity contribution in [1.29, 1.82) is 0 Å². The van der Waals surface area contributed by atoms with Crippen molar-refractivity contribution in [2.45, 2.75) is 6.92 Å². The van der Waals surface area contributed by atoms with E-state index in [2.05, 4.69) is 4.98 Å². The maximum atomic E-state index is 13.9. The van der Waals surface area contributed by atoms with E-state index in [1.165, 1.54) is 6.07 Å². The van der Waals surface area contributed by atoms with Crippen molar-refractivity contribution in [1.82, 2.24) is 4.98 Å². The summed E-state index contributed by atoms with van der Waals surface area (Å²) in [5, 5.41) is 0. The first kappa shape index (κ1) is 15.6. The van der Waals surface area contributed by atoms with Gasteiger partial charge < -0.3 is 0 Å². The molecule has 1 amide bonds. The molecule has 116 valence electrons. The van der Waals surface area contributed by atoms with Crippen LogP contribution < -0.4 is 4.90 Å². The minimum atomic E-state index is -0.792. The SMILES string of the molecule is Cc1ccccc1-c1cnc(N(C=O)c2c(F)cccc2F)[se]1. The fourth-order valence-corrected chi connectivity index (χ4v) is 4.32. The molecule has 3 rings (SSSR count). The van der Waals surface area contributed by atoms with Gasteiger partial charge in [0.05, 0.1) is 0 Å². The Hall–Kier alpha value is -2.30. The van der Waals surface area contributed by atoms with E-state index >= 15 is 0 Å². The van der Waals surface area contributed by atoms with Crippen LogP contribution in [0.5, 0.6) is 0 Å². The van der Waals surface area contributed by atoms with Crippen LogP contribution in [0, 0.1) is 18.6 Å². The molecule has 1 heterocycles. The van der Waals surface area contributed by atoms with E-state index in [-0.39, 0.29) is 20.2 Å². The fraction of sp³-hybridized carbons (Fsp3) is 0.0588. The monoisotopic (exact) mass is 378 g/mol. The van der Waals surface area contributed by atoms with Crippen molar-refractivity contribution in [3.8, 4) is 10.0 Å². The molecule has 0 atom stereocenters. The molecule has 6 heteroatoms. The Bertz CT molecular complexity index is 843. The van der Waals surface area contributed by atoms with Gasteiger partial charge in [0.1, 0.15) is 0 Å². The molecule has 0 fully saturated rings. The summed E-state index contributed by atoms with van der Waals surface area (Å²) in [5.74, 6) is -1.58. The number of nitrogens with zero attached hydrogens (tertiary/aromatic N) is 2. The van der Waals surface area contributed by atoms with Gasteiger partial charge in [-0.1, -0.05) is 0 Å². The number of benzene rings is 2. The Morgan fingerprint density at radius 1 is 1.09 bits per heavy atom. The van der Waals surface area contributed by atoms with Crippen molar-refractivity contribution in [3.63, 3.8) is 0 Å². The Balaban J connectivity index is 2.05. The van der Waals surface area contributed by atoms with Crippen molar-refractivity contribution >= 4 is 31.3 Å². The normalized spacial score (nSPS) is 10.6. The molecular weight excluding hydrogens is 365 g/mol. The molecule has 1 aromatic heterocycles. The number of aryl methyl sites for hydroxylation is 1. The zero-order valence-corrected chi connectivity index (χ0v) is 13.9. The van der Waals surface area contributed by atoms with Gasteiger partial charge in [-0.3, -0.25) is 0 Å². The van der Waals surface area contributed by atoms with E-state index in [0.29, 0.717) is 11.1 Å². The second-order valence-electron chi connectivity index (χ2n) is 4.87. The molecule has 0 bridgehead atoms. The molecule has 0 radical (unpaired) electrons. The number of halogens is 2. The van der Waals surface area contributed by atoms with E-state index in [1.54, 1.807) is 6.20 Å². The molecular formula is C17H12F2N2OSe. The summed E-state index contributed by atoms with van der Waals surface area (Å²) in [4.78, 5) is 16.6. The predicted molar refractivity (Wildman–Crippen MR) is 85.9 cm³/mol. The number of para-hydroxylation sites is 1. The third-order valence-corrected chi connectivity index (χ3v) is 5.55. The van der Waals surface area contributed by atoms with Crippen LogP contribution >= 0.6 is 0 Å². The second-order valence-corrected chi connectivity index (χ2v) is 6.98. The summed E-state index contributed by atoms with van der Waals surface area (Å²) < 4.78 is 29.2. The molecule has 23 heavy (non-hydrogen) atoms. The summed E-state index contributed by atoms with van der Waals surface area (Å²) in [7, 11) is 0. The third kappa shape index (κ3) is 2.95. The molecule has 2 aromatic carbocycles. The summed E-state index contributed by atoms with van der Waals surface area (Å²) in [6.07, 6.45) is 2.06. The molecule has 0 spiro atoms. The number of hydrogen-bond donors (Lipinski definition) is 0. The molecule has 0 aliphatic heterocycles. The van der Waals surface area contributed by atoms with Gasteiger partial charge in [0.15, 0.2) is 0 Å². The Morgan fingerprint density at radius 2 is 1.78 bits per heavy atom. The van der Waals surface area contributed by atoms with E-state index in [0.717, 1.165) is 32.6 Å². The van der Waals surface area contributed by atoms with Gasteiger partial charge in [-0.15, -0.1) is 0 Å². The van der Waals surface area contributed by atoms with Crippen molar-refractivity contribution in [3.05, 3.63) is 65.9 Å². The van der Waals surface area contributed by atoms with Crippen molar-refractivity contribution < 1.29 is 13.6 Å². The Labute approximate surface area is 138 Å². The Morgan fingerprint density at radius 3 is 2.43 bits per heavy atom. The van der Waals surface area contributed by atoms with Crippen LogP contribution in [0.2, 0.25) is 0 Å². The maximum absolute atomic E-state index is 13.9. The van der Waals surface area contributed by atoms with Crippen LogP contribution in [0.1, 0.15) is 5.56 Å². The van der Waals surface area contributed by atoms with Crippen LogP contribution in [-0.2, 0) is 4.79 Å². The number of carbonyl (C=O) groups excluding carboxylic acids is 1. The van der Waals surface area contributed by atoms with Gasteiger partial charge >= 0.3 is 138 Å². The molecule has 0 unspecified atom stereocenters. The summed E-state index contributed by atoms with van der Waals surface area (Å²) in [6, 6.07) is 11.3. The standard InChI is InChI=1S/C17H12F2N2OSe/c1-11-5-2-3-6-12(11)15-9-20-17(23-15)21(10-22)16-13(18)7-4-8-14(16)19/h2-10H,1H3. The summed E-state index contributed by atoms with van der Waals surface area (Å²) in [6.45, 7) is 1.98. The van der Waals surface area contributed by atoms with Crippen molar-refractivity contribution in [2.24, 2.45) is 0 Å². The number of rotatable bonds is 4. The van der Waals surface area contributed by atoms with Gasteiger partial charge in [-0.25, -0.2) is 0 Å². The number of aromatic nitrogens is 1. The topological polar surface area (TPSA) is 33.2 Å². The second kappa shape index (κ2) is 6.44. The number of hydrogen-bond acceptors (Lipinski definition) is 2. The number of anilines is 2. The Kier molecular flexibility index (Phi) is 4.37. The zero-order chi connectivity index (χ0) is 16.4. The minimum absolute atomic E-state index is 0.318. The van der Waals surface area contributed by atoms with E-state index in [9.17, 15) is 13.6 Å².